The lowest BCUT2D eigenvalue weighted by Crippen LogP contribution is -2.37. The third kappa shape index (κ3) is 2.68. The van der Waals surface area contributed by atoms with E-state index in [2.05, 4.69) is 22.8 Å². The van der Waals surface area contributed by atoms with Gasteiger partial charge in [0, 0.05) is 22.2 Å². The average Bonchev–Trinajstić information content (AvgIpc) is 2.92. The van der Waals surface area contributed by atoms with Gasteiger partial charge in [-0.3, -0.25) is 10.1 Å². The van der Waals surface area contributed by atoms with Crippen LogP contribution in [0, 0.1) is 0 Å². The van der Waals surface area contributed by atoms with Gasteiger partial charge in [0.2, 0.25) is 5.91 Å². The summed E-state index contributed by atoms with van der Waals surface area (Å²) in [4.78, 5) is 13.4. The molecule has 0 aliphatic carbocycles. The molecule has 2 aliphatic heterocycles. The van der Waals surface area contributed by atoms with Crippen LogP contribution in [0.15, 0.2) is 23.1 Å². The van der Waals surface area contributed by atoms with Crippen molar-refractivity contribution in [1.29, 1.82) is 0 Å². The molecule has 2 aliphatic rings. The number of fused-ring (bicyclic) bond motifs is 1. The largest absolute Gasteiger partial charge is 0.325 e. The van der Waals surface area contributed by atoms with Crippen LogP contribution in [0.25, 0.3) is 0 Å². The number of hydrogen-bond acceptors (Lipinski definition) is 4. The standard InChI is InChI=1S/C13H16N2OS2/c16-13(11-7-17-8-14-11)15-10-3-4-12-9(6-10)2-1-5-18-12/h3-4,6,11,14H,1-2,5,7-8H2,(H,15,16). The molecule has 1 atom stereocenters. The first-order valence-electron chi connectivity index (χ1n) is 6.21. The Morgan fingerprint density at radius 3 is 3.22 bits per heavy atom. The van der Waals surface area contributed by atoms with Gasteiger partial charge in [-0.05, 0) is 42.4 Å². The second kappa shape index (κ2) is 5.55. The molecule has 1 amide bonds. The lowest BCUT2D eigenvalue weighted by atomic mass is 10.1. The summed E-state index contributed by atoms with van der Waals surface area (Å²) in [7, 11) is 0. The van der Waals surface area contributed by atoms with Crippen LogP contribution >= 0.6 is 23.5 Å². The maximum atomic E-state index is 12.0. The fourth-order valence-corrected chi connectivity index (χ4v) is 4.19. The summed E-state index contributed by atoms with van der Waals surface area (Å²) in [5.74, 6) is 3.04. The monoisotopic (exact) mass is 280 g/mol. The number of rotatable bonds is 2. The number of carbonyl (C=O) groups is 1. The number of hydrogen-bond donors (Lipinski definition) is 2. The third-order valence-electron chi connectivity index (χ3n) is 3.21. The van der Waals surface area contributed by atoms with Crippen molar-refractivity contribution in [3.63, 3.8) is 0 Å². The highest BCUT2D eigenvalue weighted by Crippen LogP contribution is 2.31. The third-order valence-corrected chi connectivity index (χ3v) is 5.35. The van der Waals surface area contributed by atoms with Gasteiger partial charge in [-0.2, -0.15) is 0 Å². The minimum Gasteiger partial charge on any atom is -0.325 e. The van der Waals surface area contributed by atoms with Crippen LogP contribution in [-0.2, 0) is 11.2 Å². The minimum atomic E-state index is -0.0413. The van der Waals surface area contributed by atoms with Crippen LogP contribution in [0.1, 0.15) is 12.0 Å². The van der Waals surface area contributed by atoms with E-state index in [1.165, 1.54) is 22.6 Å². The van der Waals surface area contributed by atoms with Crippen molar-refractivity contribution in [3.8, 4) is 0 Å². The first-order valence-corrected chi connectivity index (χ1v) is 8.35. The summed E-state index contributed by atoms with van der Waals surface area (Å²) in [6.45, 7) is 0. The van der Waals surface area contributed by atoms with Gasteiger partial charge in [-0.25, -0.2) is 0 Å². The summed E-state index contributed by atoms with van der Waals surface area (Å²) in [5, 5.41) is 6.20. The molecule has 18 heavy (non-hydrogen) atoms. The van der Waals surface area contributed by atoms with E-state index in [9.17, 15) is 4.79 Å². The first kappa shape index (κ1) is 12.4. The zero-order valence-corrected chi connectivity index (χ0v) is 11.7. The summed E-state index contributed by atoms with van der Waals surface area (Å²) < 4.78 is 0. The maximum Gasteiger partial charge on any atom is 0.242 e. The van der Waals surface area contributed by atoms with Gasteiger partial charge in [-0.15, -0.1) is 23.5 Å². The normalized spacial score (nSPS) is 22.6. The van der Waals surface area contributed by atoms with Crippen LogP contribution in [0.3, 0.4) is 0 Å². The molecule has 1 saturated heterocycles. The Morgan fingerprint density at radius 1 is 1.44 bits per heavy atom. The van der Waals surface area contributed by atoms with E-state index in [-0.39, 0.29) is 11.9 Å². The van der Waals surface area contributed by atoms with Crippen LogP contribution in [0.2, 0.25) is 0 Å². The molecule has 0 saturated carbocycles. The number of nitrogens with one attached hydrogen (secondary N) is 2. The van der Waals surface area contributed by atoms with Gasteiger partial charge < -0.3 is 5.32 Å². The van der Waals surface area contributed by atoms with E-state index >= 15 is 0 Å². The average molecular weight is 280 g/mol. The van der Waals surface area contributed by atoms with Crippen LogP contribution in [-0.4, -0.2) is 29.3 Å². The molecule has 1 aromatic rings. The second-order valence-corrected chi connectivity index (χ2v) is 6.70. The van der Waals surface area contributed by atoms with E-state index in [4.69, 9.17) is 0 Å². The molecule has 2 heterocycles. The number of carbonyl (C=O) groups excluding carboxylic acids is 1. The fraction of sp³-hybridized carbons (Fsp3) is 0.462. The van der Waals surface area contributed by atoms with Gasteiger partial charge in [0.15, 0.2) is 0 Å². The summed E-state index contributed by atoms with van der Waals surface area (Å²) in [6.07, 6.45) is 2.36. The van der Waals surface area contributed by atoms with Crippen molar-refractivity contribution in [1.82, 2.24) is 5.32 Å². The van der Waals surface area contributed by atoms with Crippen molar-refractivity contribution in [3.05, 3.63) is 23.8 Å². The number of aryl methyl sites for hydroxylation is 1. The fourth-order valence-electron chi connectivity index (χ4n) is 2.23. The van der Waals surface area contributed by atoms with Crippen molar-refractivity contribution in [2.45, 2.75) is 23.8 Å². The highest BCUT2D eigenvalue weighted by Gasteiger charge is 2.22. The molecule has 3 nitrogen and oxygen atoms in total. The topological polar surface area (TPSA) is 41.1 Å². The SMILES string of the molecule is O=C(Nc1ccc2c(c1)CCCS2)C1CSCN1. The maximum absolute atomic E-state index is 12.0. The highest BCUT2D eigenvalue weighted by atomic mass is 32.2. The molecule has 0 bridgehead atoms. The Kier molecular flexibility index (Phi) is 3.82. The lowest BCUT2D eigenvalue weighted by Gasteiger charge is -2.17. The molecule has 96 valence electrons. The smallest absolute Gasteiger partial charge is 0.242 e. The summed E-state index contributed by atoms with van der Waals surface area (Å²) in [6, 6.07) is 6.23. The van der Waals surface area contributed by atoms with Crippen LogP contribution < -0.4 is 10.6 Å². The molecule has 1 fully saturated rings. The Labute approximate surface area is 115 Å². The van der Waals surface area contributed by atoms with E-state index in [0.717, 1.165) is 23.7 Å². The Balaban J connectivity index is 1.70. The molecule has 3 rings (SSSR count). The Bertz CT molecular complexity index is 458. The van der Waals surface area contributed by atoms with Gasteiger partial charge in [-0.1, -0.05) is 0 Å². The molecular weight excluding hydrogens is 264 g/mol. The molecule has 1 unspecified atom stereocenters. The quantitative estimate of drug-likeness (QED) is 0.872. The first-order chi connectivity index (χ1) is 8.83. The Morgan fingerprint density at radius 2 is 2.39 bits per heavy atom. The van der Waals surface area contributed by atoms with E-state index in [1.54, 1.807) is 11.8 Å². The van der Waals surface area contributed by atoms with Gasteiger partial charge in [0.25, 0.3) is 0 Å². The predicted octanol–water partition coefficient (Wildman–Crippen LogP) is 2.33. The number of thioether (sulfide) groups is 2. The van der Waals surface area contributed by atoms with E-state index in [0.29, 0.717) is 0 Å². The Hall–Kier alpha value is -0.650. The minimum absolute atomic E-state index is 0.0413. The second-order valence-electron chi connectivity index (χ2n) is 4.54. The molecule has 0 spiro atoms. The summed E-state index contributed by atoms with van der Waals surface area (Å²) in [5.41, 5.74) is 2.30. The number of benzene rings is 1. The van der Waals surface area contributed by atoms with Crippen molar-refractivity contribution >= 4 is 35.1 Å². The molecule has 2 N–H and O–H groups in total. The van der Waals surface area contributed by atoms with Gasteiger partial charge in [0.05, 0.1) is 6.04 Å². The van der Waals surface area contributed by atoms with Crippen molar-refractivity contribution < 1.29 is 4.79 Å². The van der Waals surface area contributed by atoms with Gasteiger partial charge >= 0.3 is 0 Å². The molecule has 5 heteroatoms. The molecule has 0 radical (unpaired) electrons. The van der Waals surface area contributed by atoms with Crippen molar-refractivity contribution in [2.24, 2.45) is 0 Å². The molecule has 0 aromatic heterocycles. The number of amides is 1. The predicted molar refractivity (Wildman–Crippen MR) is 78.4 cm³/mol. The van der Waals surface area contributed by atoms with Gasteiger partial charge in [0.1, 0.15) is 0 Å². The highest BCUT2D eigenvalue weighted by molar-refractivity contribution is 7.99. The summed E-state index contributed by atoms with van der Waals surface area (Å²) >= 11 is 3.68. The molecular formula is C13H16N2OS2. The lowest BCUT2D eigenvalue weighted by molar-refractivity contribution is -0.117. The molecule has 1 aromatic carbocycles. The zero-order chi connectivity index (χ0) is 12.4. The number of anilines is 1. The van der Waals surface area contributed by atoms with Crippen LogP contribution in [0.4, 0.5) is 5.69 Å². The van der Waals surface area contributed by atoms with Crippen molar-refractivity contribution in [2.75, 3.05) is 22.7 Å². The van der Waals surface area contributed by atoms with Crippen LogP contribution in [0.5, 0.6) is 0 Å². The van der Waals surface area contributed by atoms with E-state index < -0.39 is 0 Å². The zero-order valence-electron chi connectivity index (χ0n) is 10.1. The van der Waals surface area contributed by atoms with E-state index in [1.807, 2.05) is 17.8 Å².